The van der Waals surface area contributed by atoms with Crippen molar-refractivity contribution in [3.05, 3.63) is 24.3 Å². The standard InChI is InChI=1S/C61H102Br6N2O7/c62-37-25-13-1-7-19-31-43-71-55-49-53(50-56(72-44-32-20-8-2-14-26-38-63)59(55)75-47-35-23-11-5-17-29-41-66)68-61(70)69-54-51-57(73-45-33-21-9-3-15-27-39-64)60(76-48-36-24-12-6-18-30-42-67)58(52-54)74-46-34-22-10-4-16-28-40-65/h49-52H,1-48H2,(H2,68,69,70). The number of nitrogens with one attached hydrogen (secondary N) is 2. The Morgan fingerprint density at radius 3 is 0.632 bits per heavy atom. The van der Waals surface area contributed by atoms with E-state index in [1.807, 2.05) is 24.3 Å². The number of carbonyl (C=O) groups is 1. The summed E-state index contributed by atoms with van der Waals surface area (Å²) in [5, 5.41) is 12.6. The average molecular weight is 1450 g/mol. The van der Waals surface area contributed by atoms with Crippen molar-refractivity contribution >= 4 is 113 Å². The van der Waals surface area contributed by atoms with Crippen molar-refractivity contribution in [3.8, 4) is 34.5 Å². The van der Waals surface area contributed by atoms with Crippen LogP contribution >= 0.6 is 95.6 Å². The number of rotatable bonds is 56. The highest BCUT2D eigenvalue weighted by atomic mass is 79.9. The molecular formula is C61H102Br6N2O7. The number of carbonyl (C=O) groups excluding carboxylic acids is 1. The molecule has 0 radical (unpaired) electrons. The summed E-state index contributed by atoms with van der Waals surface area (Å²) >= 11 is 21.4. The molecule has 0 aliphatic rings. The molecule has 0 aliphatic heterocycles. The predicted octanol–water partition coefficient (Wildman–Crippen LogP) is 22.0. The fraction of sp³-hybridized carbons (Fsp3) is 0.787. The maximum Gasteiger partial charge on any atom is 0.323 e. The first-order valence-corrected chi connectivity index (χ1v) is 36.8. The van der Waals surface area contributed by atoms with Gasteiger partial charge in [-0.2, -0.15) is 0 Å². The van der Waals surface area contributed by atoms with Gasteiger partial charge < -0.3 is 39.1 Å². The van der Waals surface area contributed by atoms with Gasteiger partial charge in [-0.15, -0.1) is 0 Å². The van der Waals surface area contributed by atoms with Crippen molar-refractivity contribution in [1.29, 1.82) is 0 Å². The fourth-order valence-corrected chi connectivity index (χ4v) is 11.2. The second kappa shape index (κ2) is 53.7. The van der Waals surface area contributed by atoms with E-state index in [1.54, 1.807) is 0 Å². The molecule has 0 saturated carbocycles. The van der Waals surface area contributed by atoms with Crippen molar-refractivity contribution in [2.45, 2.75) is 231 Å². The second-order valence-electron chi connectivity index (χ2n) is 20.1. The van der Waals surface area contributed by atoms with Gasteiger partial charge in [-0.1, -0.05) is 250 Å². The van der Waals surface area contributed by atoms with Crippen molar-refractivity contribution in [2.75, 3.05) is 82.3 Å². The second-order valence-corrected chi connectivity index (χ2v) is 24.9. The minimum Gasteiger partial charge on any atom is -0.489 e. The van der Waals surface area contributed by atoms with Gasteiger partial charge in [0.2, 0.25) is 11.5 Å². The molecule has 2 amide bonds. The number of unbranched alkanes of at least 4 members (excludes halogenated alkanes) is 30. The number of benzene rings is 2. The largest absolute Gasteiger partial charge is 0.489 e. The number of urea groups is 1. The molecule has 0 atom stereocenters. The van der Waals surface area contributed by atoms with Crippen LogP contribution in [0.15, 0.2) is 24.3 Å². The molecule has 2 rings (SSSR count). The third-order valence-electron chi connectivity index (χ3n) is 13.2. The number of hydrogen-bond donors (Lipinski definition) is 2. The number of halogens is 6. The summed E-state index contributed by atoms with van der Waals surface area (Å²) < 4.78 is 39.5. The maximum absolute atomic E-state index is 14.2. The van der Waals surface area contributed by atoms with E-state index < -0.39 is 6.03 Å². The highest BCUT2D eigenvalue weighted by Crippen LogP contribution is 2.43. The van der Waals surface area contributed by atoms with Crippen LogP contribution in [0.1, 0.15) is 231 Å². The molecule has 2 N–H and O–H groups in total. The lowest BCUT2D eigenvalue weighted by molar-refractivity contribution is 0.234. The Balaban J connectivity index is 2.45. The topological polar surface area (TPSA) is 96.5 Å². The van der Waals surface area contributed by atoms with Gasteiger partial charge in [0.15, 0.2) is 23.0 Å². The van der Waals surface area contributed by atoms with E-state index in [0.717, 1.165) is 109 Å². The summed E-state index contributed by atoms with van der Waals surface area (Å²) in [6.45, 7) is 3.35. The van der Waals surface area contributed by atoms with E-state index in [9.17, 15) is 4.79 Å². The van der Waals surface area contributed by atoms with Gasteiger partial charge in [-0.25, -0.2) is 4.79 Å². The van der Waals surface area contributed by atoms with Gasteiger partial charge in [-0.05, 0) is 77.0 Å². The Kier molecular flexibility index (Phi) is 50.5. The minimum atomic E-state index is -0.394. The summed E-state index contributed by atoms with van der Waals surface area (Å²) in [6, 6.07) is 7.18. The van der Waals surface area contributed by atoms with E-state index in [0.29, 0.717) is 85.5 Å². The minimum absolute atomic E-state index is 0.394. The van der Waals surface area contributed by atoms with Gasteiger partial charge >= 0.3 is 6.03 Å². The van der Waals surface area contributed by atoms with Crippen LogP contribution in [0.4, 0.5) is 16.2 Å². The van der Waals surface area contributed by atoms with E-state index in [1.165, 1.54) is 154 Å². The first-order valence-electron chi connectivity index (χ1n) is 30.1. The van der Waals surface area contributed by atoms with Crippen molar-refractivity contribution < 1.29 is 33.2 Å². The summed E-state index contributed by atoms with van der Waals surface area (Å²) in [7, 11) is 0. The molecule has 9 nitrogen and oxygen atoms in total. The lowest BCUT2D eigenvalue weighted by Gasteiger charge is -2.20. The molecule has 0 aromatic heterocycles. The molecule has 2 aromatic rings. The zero-order valence-corrected chi connectivity index (χ0v) is 56.4. The van der Waals surface area contributed by atoms with Crippen LogP contribution in [0.3, 0.4) is 0 Å². The Morgan fingerprint density at radius 2 is 0.434 bits per heavy atom. The van der Waals surface area contributed by atoms with Crippen molar-refractivity contribution in [2.24, 2.45) is 0 Å². The molecule has 15 heteroatoms. The molecule has 0 bridgehead atoms. The van der Waals surface area contributed by atoms with E-state index >= 15 is 0 Å². The van der Waals surface area contributed by atoms with Crippen LogP contribution in [0, 0.1) is 0 Å². The lowest BCUT2D eigenvalue weighted by Crippen LogP contribution is -2.20. The molecule has 0 spiro atoms. The molecule has 0 fully saturated rings. The van der Waals surface area contributed by atoms with E-state index in [-0.39, 0.29) is 0 Å². The number of anilines is 2. The van der Waals surface area contributed by atoms with Crippen LogP contribution in [0.2, 0.25) is 0 Å². The summed E-state index contributed by atoms with van der Waals surface area (Å²) in [6.07, 6.45) is 41.5. The lowest BCUT2D eigenvalue weighted by atomic mass is 10.1. The van der Waals surface area contributed by atoms with Crippen LogP contribution in [-0.2, 0) is 0 Å². The summed E-state index contributed by atoms with van der Waals surface area (Å²) in [4.78, 5) is 14.2. The Hall–Kier alpha value is -0.610. The smallest absolute Gasteiger partial charge is 0.323 e. The van der Waals surface area contributed by atoms with Gasteiger partial charge in [0, 0.05) is 56.2 Å². The fourth-order valence-electron chi connectivity index (χ4n) is 8.80. The van der Waals surface area contributed by atoms with Gasteiger partial charge in [0.1, 0.15) is 0 Å². The molecule has 0 unspecified atom stereocenters. The Bertz CT molecular complexity index is 1450. The summed E-state index contributed by atoms with van der Waals surface area (Å²) in [5.74, 6) is 3.61. The van der Waals surface area contributed by atoms with Gasteiger partial charge in [-0.3, -0.25) is 0 Å². The van der Waals surface area contributed by atoms with Crippen LogP contribution < -0.4 is 39.1 Å². The monoisotopic (exact) mass is 1450 g/mol. The SMILES string of the molecule is O=C(Nc1cc(OCCCCCCCCBr)c(OCCCCCCCCBr)c(OCCCCCCCCBr)c1)Nc1cc(OCCCCCCCCBr)c(OCCCCCCCCBr)c(OCCCCCCCCBr)c1. The third-order valence-corrected chi connectivity index (χ3v) is 16.6. The van der Waals surface area contributed by atoms with Crippen molar-refractivity contribution in [1.82, 2.24) is 0 Å². The number of amides is 2. The Morgan fingerprint density at radius 1 is 0.263 bits per heavy atom. The molecule has 0 heterocycles. The maximum atomic E-state index is 14.2. The van der Waals surface area contributed by atoms with Crippen LogP contribution in [0.5, 0.6) is 34.5 Å². The Labute approximate surface area is 514 Å². The van der Waals surface area contributed by atoms with Crippen molar-refractivity contribution in [3.63, 3.8) is 0 Å². The first kappa shape index (κ1) is 71.5. The molecule has 2 aromatic carbocycles. The van der Waals surface area contributed by atoms with Crippen LogP contribution in [0.25, 0.3) is 0 Å². The van der Waals surface area contributed by atoms with Gasteiger partial charge in [0.05, 0.1) is 51.0 Å². The first-order chi connectivity index (χ1) is 37.5. The number of alkyl halides is 6. The average Bonchev–Trinajstić information content (AvgIpc) is 3.42. The van der Waals surface area contributed by atoms with Gasteiger partial charge in [0.25, 0.3) is 0 Å². The highest BCUT2D eigenvalue weighted by molar-refractivity contribution is 9.10. The predicted molar refractivity (Wildman–Crippen MR) is 347 cm³/mol. The quantitative estimate of drug-likeness (QED) is 0.0503. The zero-order chi connectivity index (χ0) is 54.6. The summed E-state index contributed by atoms with van der Waals surface area (Å²) in [5.41, 5.74) is 1.14. The van der Waals surface area contributed by atoms with E-state index in [4.69, 9.17) is 28.4 Å². The third kappa shape index (κ3) is 38.9. The number of hydrogen-bond acceptors (Lipinski definition) is 7. The molecular weight excluding hydrogens is 1350 g/mol. The normalized spacial score (nSPS) is 11.2. The molecule has 440 valence electrons. The van der Waals surface area contributed by atoms with E-state index in [2.05, 4.69) is 106 Å². The number of ether oxygens (including phenoxy) is 6. The molecule has 0 aliphatic carbocycles. The highest BCUT2D eigenvalue weighted by Gasteiger charge is 2.20. The van der Waals surface area contributed by atoms with Crippen LogP contribution in [-0.4, -0.2) is 77.7 Å². The molecule has 0 saturated heterocycles. The zero-order valence-electron chi connectivity index (χ0n) is 46.9. The molecule has 76 heavy (non-hydrogen) atoms.